The van der Waals surface area contributed by atoms with Crippen molar-refractivity contribution in [2.75, 3.05) is 11.8 Å². The van der Waals surface area contributed by atoms with Gasteiger partial charge in [0, 0.05) is 6.20 Å². The van der Waals surface area contributed by atoms with Crippen LogP contribution in [0.15, 0.2) is 12.3 Å². The number of hydrogen-bond acceptors (Lipinski definition) is 6. The molecule has 7 nitrogen and oxygen atoms in total. The number of nitrogens with zero attached hydrogens (tertiary/aromatic N) is 2. The average Bonchev–Trinajstić information content (AvgIpc) is 3.17. The molecule has 0 radical (unpaired) electrons. The number of carbonyl (C=O) groups is 1. The molecule has 1 saturated carbocycles. The molecule has 1 aromatic rings. The number of methoxy groups -OCH3 is 1. The minimum atomic E-state index is -3.52. The van der Waals surface area contributed by atoms with Crippen molar-refractivity contribution >= 4 is 21.9 Å². The van der Waals surface area contributed by atoms with Crippen molar-refractivity contribution in [1.82, 2.24) is 9.97 Å². The lowest BCUT2D eigenvalue weighted by atomic mass is 9.89. The quantitative estimate of drug-likeness (QED) is 0.821. The number of sulfonamides is 1. The highest BCUT2D eigenvalue weighted by molar-refractivity contribution is 7.94. The van der Waals surface area contributed by atoms with Crippen LogP contribution >= 0.6 is 0 Å². The normalized spacial score (nSPS) is 17.1. The molecule has 1 aliphatic carbocycles. The van der Waals surface area contributed by atoms with E-state index in [1.807, 2.05) is 0 Å². The highest BCUT2D eigenvalue weighted by atomic mass is 32.2. The van der Waals surface area contributed by atoms with Gasteiger partial charge in [0.2, 0.25) is 16.0 Å². The standard InChI is InChI=1S/C13H19N3O4S/c1-12(2,10(17)20-4)9-5-8-14-11(15-9)16-21(18,19)13(3)6-7-13/h5,8H,6-7H2,1-4H3,(H,14,15,16). The van der Waals surface area contributed by atoms with Crippen LogP contribution in [0.25, 0.3) is 0 Å². The number of anilines is 1. The molecule has 21 heavy (non-hydrogen) atoms. The molecule has 0 unspecified atom stereocenters. The molecule has 1 aromatic heterocycles. The van der Waals surface area contributed by atoms with Gasteiger partial charge in [-0.3, -0.25) is 9.52 Å². The first-order valence-electron chi connectivity index (χ1n) is 6.57. The van der Waals surface area contributed by atoms with Gasteiger partial charge >= 0.3 is 5.97 Å². The Balaban J connectivity index is 2.29. The summed E-state index contributed by atoms with van der Waals surface area (Å²) in [6.45, 7) is 4.99. The van der Waals surface area contributed by atoms with Crippen molar-refractivity contribution in [3.63, 3.8) is 0 Å². The molecule has 0 atom stereocenters. The Morgan fingerprint density at radius 1 is 1.43 bits per heavy atom. The van der Waals surface area contributed by atoms with Crippen LogP contribution in [-0.4, -0.2) is 36.2 Å². The number of aromatic nitrogens is 2. The Morgan fingerprint density at radius 3 is 2.57 bits per heavy atom. The van der Waals surface area contributed by atoms with Crippen LogP contribution in [0.4, 0.5) is 5.95 Å². The first kappa shape index (κ1) is 15.7. The third-order valence-corrected chi connectivity index (χ3v) is 5.98. The third-order valence-electron chi connectivity index (χ3n) is 3.82. The van der Waals surface area contributed by atoms with Gasteiger partial charge in [-0.05, 0) is 39.7 Å². The zero-order chi connectivity index (χ0) is 15.9. The second kappa shape index (κ2) is 4.94. The fourth-order valence-electron chi connectivity index (χ4n) is 1.80. The van der Waals surface area contributed by atoms with E-state index < -0.39 is 26.2 Å². The van der Waals surface area contributed by atoms with Gasteiger partial charge in [0.15, 0.2) is 0 Å². The van der Waals surface area contributed by atoms with E-state index in [1.165, 1.54) is 13.3 Å². The third kappa shape index (κ3) is 2.85. The maximum Gasteiger partial charge on any atom is 0.317 e. The first-order valence-corrected chi connectivity index (χ1v) is 8.05. The summed E-state index contributed by atoms with van der Waals surface area (Å²) in [5.74, 6) is -0.484. The largest absolute Gasteiger partial charge is 0.468 e. The molecular weight excluding hydrogens is 294 g/mol. The minimum Gasteiger partial charge on any atom is -0.468 e. The monoisotopic (exact) mass is 313 g/mol. The second-order valence-electron chi connectivity index (χ2n) is 5.94. The van der Waals surface area contributed by atoms with Gasteiger partial charge in [-0.1, -0.05) is 0 Å². The lowest BCUT2D eigenvalue weighted by Crippen LogP contribution is -2.32. The molecule has 0 aliphatic heterocycles. The molecule has 0 saturated heterocycles. The summed E-state index contributed by atoms with van der Waals surface area (Å²) in [6, 6.07) is 1.56. The number of ether oxygens (including phenoxy) is 1. The van der Waals surface area contributed by atoms with E-state index in [9.17, 15) is 13.2 Å². The van der Waals surface area contributed by atoms with Crippen molar-refractivity contribution in [2.45, 2.75) is 43.8 Å². The number of carbonyl (C=O) groups excluding carboxylic acids is 1. The van der Waals surface area contributed by atoms with Gasteiger partial charge in [-0.2, -0.15) is 0 Å². The summed E-state index contributed by atoms with van der Waals surface area (Å²) < 4.78 is 30.7. The fourth-order valence-corrected chi connectivity index (χ4v) is 3.03. The number of nitrogens with one attached hydrogen (secondary N) is 1. The maximum atomic E-state index is 12.2. The lowest BCUT2D eigenvalue weighted by Gasteiger charge is -2.21. The summed E-state index contributed by atoms with van der Waals surface area (Å²) in [4.78, 5) is 19.8. The topological polar surface area (TPSA) is 98.2 Å². The predicted octanol–water partition coefficient (Wildman–Crippen LogP) is 1.22. The lowest BCUT2D eigenvalue weighted by molar-refractivity contribution is -0.146. The Labute approximate surface area is 124 Å². The zero-order valence-electron chi connectivity index (χ0n) is 12.5. The summed E-state index contributed by atoms with van der Waals surface area (Å²) >= 11 is 0. The summed E-state index contributed by atoms with van der Waals surface area (Å²) in [7, 11) is -2.22. The first-order chi connectivity index (χ1) is 9.62. The summed E-state index contributed by atoms with van der Waals surface area (Å²) in [5, 5.41) is 0. The number of rotatable bonds is 5. The van der Waals surface area contributed by atoms with Crippen molar-refractivity contribution < 1.29 is 17.9 Å². The Kier molecular flexibility index (Phi) is 3.69. The Bertz CT molecular complexity index is 666. The van der Waals surface area contributed by atoms with Gasteiger partial charge < -0.3 is 4.74 Å². The van der Waals surface area contributed by atoms with E-state index in [4.69, 9.17) is 4.74 Å². The van der Waals surface area contributed by atoms with Crippen LogP contribution in [0, 0.1) is 0 Å². The van der Waals surface area contributed by atoms with Crippen molar-refractivity contribution in [3.8, 4) is 0 Å². The molecule has 0 spiro atoms. The zero-order valence-corrected chi connectivity index (χ0v) is 13.3. The van der Waals surface area contributed by atoms with Crippen molar-refractivity contribution in [3.05, 3.63) is 18.0 Å². The van der Waals surface area contributed by atoms with E-state index in [0.717, 1.165) is 0 Å². The maximum absolute atomic E-state index is 12.2. The van der Waals surface area contributed by atoms with E-state index in [1.54, 1.807) is 26.8 Å². The van der Waals surface area contributed by atoms with Crippen LogP contribution < -0.4 is 4.72 Å². The second-order valence-corrected chi connectivity index (χ2v) is 8.13. The molecule has 1 aliphatic rings. The molecule has 1 N–H and O–H groups in total. The van der Waals surface area contributed by atoms with Crippen molar-refractivity contribution in [2.24, 2.45) is 0 Å². The minimum absolute atomic E-state index is 0.0300. The molecule has 0 aromatic carbocycles. The molecule has 8 heteroatoms. The van der Waals surface area contributed by atoms with Gasteiger partial charge in [0.25, 0.3) is 0 Å². The number of esters is 1. The highest BCUT2D eigenvalue weighted by Crippen LogP contribution is 2.43. The molecule has 1 heterocycles. The van der Waals surface area contributed by atoms with Gasteiger partial charge in [0.1, 0.15) is 5.41 Å². The van der Waals surface area contributed by atoms with Crippen LogP contribution in [0.3, 0.4) is 0 Å². The molecule has 2 rings (SSSR count). The van der Waals surface area contributed by atoms with Crippen LogP contribution in [0.1, 0.15) is 39.3 Å². The highest BCUT2D eigenvalue weighted by Gasteiger charge is 2.50. The molecule has 116 valence electrons. The van der Waals surface area contributed by atoms with E-state index in [-0.39, 0.29) is 5.95 Å². The van der Waals surface area contributed by atoms with E-state index >= 15 is 0 Å². The van der Waals surface area contributed by atoms with Gasteiger partial charge in [-0.15, -0.1) is 0 Å². The molecular formula is C13H19N3O4S. The summed E-state index contributed by atoms with van der Waals surface area (Å²) in [5.41, 5.74) is -0.593. The van der Waals surface area contributed by atoms with E-state index in [0.29, 0.717) is 18.5 Å². The molecule has 0 amide bonds. The van der Waals surface area contributed by atoms with Crippen LogP contribution in [-0.2, 0) is 25.0 Å². The average molecular weight is 313 g/mol. The Morgan fingerprint density at radius 2 is 2.05 bits per heavy atom. The van der Waals surface area contributed by atoms with Crippen LogP contribution in [0.5, 0.6) is 0 Å². The van der Waals surface area contributed by atoms with Gasteiger partial charge in [0.05, 0.1) is 17.6 Å². The fraction of sp³-hybridized carbons (Fsp3) is 0.615. The smallest absolute Gasteiger partial charge is 0.317 e. The van der Waals surface area contributed by atoms with Crippen molar-refractivity contribution in [1.29, 1.82) is 0 Å². The summed E-state index contributed by atoms with van der Waals surface area (Å²) in [6.07, 6.45) is 2.66. The SMILES string of the molecule is COC(=O)C(C)(C)c1ccnc(NS(=O)(=O)C2(C)CC2)n1. The van der Waals surface area contributed by atoms with E-state index in [2.05, 4.69) is 14.7 Å². The Hall–Kier alpha value is -1.70. The van der Waals surface area contributed by atoms with Crippen LogP contribution in [0.2, 0.25) is 0 Å². The molecule has 1 fully saturated rings. The number of hydrogen-bond donors (Lipinski definition) is 1. The van der Waals surface area contributed by atoms with Gasteiger partial charge in [-0.25, -0.2) is 18.4 Å². The molecule has 0 bridgehead atoms. The predicted molar refractivity (Wildman–Crippen MR) is 77.3 cm³/mol.